The second-order valence-corrected chi connectivity index (χ2v) is 4.23. The fourth-order valence-electron chi connectivity index (χ4n) is 1.26. The second-order valence-electron chi connectivity index (χ2n) is 3.37. The SMILES string of the molecule is Nc1nonc1C(=O)Nc1cc([N+](=O)[O-])ccc1Br. The van der Waals surface area contributed by atoms with E-state index in [0.717, 1.165) is 0 Å². The number of aromatic nitrogens is 2. The molecular formula is C9H6BrN5O4. The average molecular weight is 328 g/mol. The molecule has 0 unspecified atom stereocenters. The van der Waals surface area contributed by atoms with Crippen LogP contribution in [0.4, 0.5) is 17.2 Å². The number of nitrogens with zero attached hydrogens (tertiary/aromatic N) is 3. The monoisotopic (exact) mass is 327 g/mol. The average Bonchev–Trinajstić information content (AvgIpc) is 2.78. The number of benzene rings is 1. The molecule has 0 fully saturated rings. The van der Waals surface area contributed by atoms with Crippen LogP contribution in [0.2, 0.25) is 0 Å². The summed E-state index contributed by atoms with van der Waals surface area (Å²) >= 11 is 3.16. The molecule has 0 aliphatic heterocycles. The van der Waals surface area contributed by atoms with Gasteiger partial charge in [0.2, 0.25) is 11.5 Å². The number of hydrogen-bond acceptors (Lipinski definition) is 7. The van der Waals surface area contributed by atoms with E-state index in [-0.39, 0.29) is 22.9 Å². The minimum absolute atomic E-state index is 0.162. The van der Waals surface area contributed by atoms with E-state index in [2.05, 4.69) is 36.2 Å². The maximum atomic E-state index is 11.8. The van der Waals surface area contributed by atoms with Gasteiger partial charge in [-0.05, 0) is 32.3 Å². The number of nitrogens with one attached hydrogen (secondary N) is 1. The second kappa shape index (κ2) is 5.02. The third kappa shape index (κ3) is 2.68. The Bertz CT molecular complexity index is 656. The number of nitro groups is 1. The first-order valence-electron chi connectivity index (χ1n) is 4.82. The summed E-state index contributed by atoms with van der Waals surface area (Å²) in [4.78, 5) is 21.9. The molecule has 3 N–H and O–H groups in total. The first-order chi connectivity index (χ1) is 8.99. The van der Waals surface area contributed by atoms with Crippen molar-refractivity contribution in [2.75, 3.05) is 11.1 Å². The van der Waals surface area contributed by atoms with Crippen LogP contribution in [0, 0.1) is 10.1 Å². The summed E-state index contributed by atoms with van der Waals surface area (Å²) in [5.41, 5.74) is 5.21. The number of halogens is 1. The molecule has 0 aliphatic carbocycles. The zero-order valence-corrected chi connectivity index (χ0v) is 10.7. The third-order valence-corrected chi connectivity index (χ3v) is 2.83. The number of nitro benzene ring substituents is 1. The van der Waals surface area contributed by atoms with Crippen LogP contribution in [0.1, 0.15) is 10.5 Å². The molecule has 0 spiro atoms. The summed E-state index contributed by atoms with van der Waals surface area (Å²) in [6, 6.07) is 3.94. The molecule has 0 radical (unpaired) electrons. The summed E-state index contributed by atoms with van der Waals surface area (Å²) in [5.74, 6) is -0.848. The van der Waals surface area contributed by atoms with E-state index in [1.165, 1.54) is 18.2 Å². The summed E-state index contributed by atoms with van der Waals surface area (Å²) in [5, 5.41) is 19.7. The smallest absolute Gasteiger partial charge is 0.281 e. The molecule has 1 aromatic carbocycles. The molecule has 0 saturated carbocycles. The molecule has 0 atom stereocenters. The van der Waals surface area contributed by atoms with Gasteiger partial charge >= 0.3 is 0 Å². The van der Waals surface area contributed by atoms with Crippen molar-refractivity contribution in [2.24, 2.45) is 0 Å². The molecule has 1 heterocycles. The normalized spacial score (nSPS) is 10.2. The van der Waals surface area contributed by atoms with Gasteiger partial charge in [0.1, 0.15) is 0 Å². The highest BCUT2D eigenvalue weighted by atomic mass is 79.9. The minimum Gasteiger partial charge on any atom is -0.379 e. The fourth-order valence-corrected chi connectivity index (χ4v) is 1.60. The lowest BCUT2D eigenvalue weighted by atomic mass is 10.2. The molecule has 2 rings (SSSR count). The van der Waals surface area contributed by atoms with Crippen molar-refractivity contribution >= 4 is 39.0 Å². The maximum absolute atomic E-state index is 11.8. The Hall–Kier alpha value is -2.49. The summed E-state index contributed by atoms with van der Waals surface area (Å²) in [6.07, 6.45) is 0. The van der Waals surface area contributed by atoms with Crippen LogP contribution in [-0.4, -0.2) is 21.1 Å². The number of hydrogen-bond donors (Lipinski definition) is 2. The number of amides is 1. The lowest BCUT2D eigenvalue weighted by Crippen LogP contribution is -2.14. The van der Waals surface area contributed by atoms with Crippen molar-refractivity contribution in [2.45, 2.75) is 0 Å². The van der Waals surface area contributed by atoms with Gasteiger partial charge in [-0.25, -0.2) is 4.63 Å². The molecule has 98 valence electrons. The van der Waals surface area contributed by atoms with E-state index in [9.17, 15) is 14.9 Å². The zero-order valence-electron chi connectivity index (χ0n) is 9.16. The highest BCUT2D eigenvalue weighted by Gasteiger charge is 2.18. The quantitative estimate of drug-likeness (QED) is 0.644. The maximum Gasteiger partial charge on any atom is 0.281 e. The Labute approximate surface area is 114 Å². The standard InChI is InChI=1S/C9H6BrN5O4/c10-5-2-1-4(15(17)18)3-6(5)12-9(16)7-8(11)14-19-13-7/h1-3H,(H2,11,14)(H,12,16). The van der Waals surface area contributed by atoms with Gasteiger partial charge in [-0.15, -0.1) is 0 Å². The van der Waals surface area contributed by atoms with E-state index in [0.29, 0.717) is 4.47 Å². The molecule has 1 aromatic heterocycles. The first kappa shape index (κ1) is 13.0. The fraction of sp³-hybridized carbons (Fsp3) is 0. The van der Waals surface area contributed by atoms with Gasteiger partial charge in [0.15, 0.2) is 0 Å². The summed E-state index contributed by atoms with van der Waals surface area (Å²) in [7, 11) is 0. The largest absolute Gasteiger partial charge is 0.379 e. The molecule has 2 aromatic rings. The van der Waals surface area contributed by atoms with Crippen molar-refractivity contribution in [1.29, 1.82) is 0 Å². The van der Waals surface area contributed by atoms with E-state index in [4.69, 9.17) is 5.73 Å². The van der Waals surface area contributed by atoms with E-state index >= 15 is 0 Å². The lowest BCUT2D eigenvalue weighted by Gasteiger charge is -2.05. The Kier molecular flexibility index (Phi) is 3.42. The van der Waals surface area contributed by atoms with Crippen LogP contribution in [0.5, 0.6) is 0 Å². The summed E-state index contributed by atoms with van der Waals surface area (Å²) < 4.78 is 4.76. The van der Waals surface area contributed by atoms with Crippen molar-refractivity contribution in [3.8, 4) is 0 Å². The number of carbonyl (C=O) groups excluding carboxylic acids is 1. The topological polar surface area (TPSA) is 137 Å². The summed E-state index contributed by atoms with van der Waals surface area (Å²) in [6.45, 7) is 0. The molecule has 19 heavy (non-hydrogen) atoms. The molecule has 9 nitrogen and oxygen atoms in total. The van der Waals surface area contributed by atoms with Gasteiger partial charge in [-0.1, -0.05) is 0 Å². The van der Waals surface area contributed by atoms with Gasteiger partial charge in [0.05, 0.1) is 10.6 Å². The molecule has 0 bridgehead atoms. The number of anilines is 2. The predicted molar refractivity (Wildman–Crippen MR) is 67.5 cm³/mol. The van der Waals surface area contributed by atoms with Crippen molar-refractivity contribution in [1.82, 2.24) is 10.3 Å². The Morgan fingerprint density at radius 1 is 1.47 bits per heavy atom. The van der Waals surface area contributed by atoms with Crippen LogP contribution in [0.3, 0.4) is 0 Å². The van der Waals surface area contributed by atoms with Gasteiger partial charge < -0.3 is 11.1 Å². The van der Waals surface area contributed by atoms with Gasteiger partial charge in [-0.3, -0.25) is 14.9 Å². The van der Waals surface area contributed by atoms with Crippen molar-refractivity contribution < 1.29 is 14.3 Å². The van der Waals surface area contributed by atoms with E-state index < -0.39 is 10.8 Å². The van der Waals surface area contributed by atoms with Gasteiger partial charge in [-0.2, -0.15) is 0 Å². The highest BCUT2D eigenvalue weighted by Crippen LogP contribution is 2.27. The predicted octanol–water partition coefficient (Wildman–Crippen LogP) is 1.57. The Morgan fingerprint density at radius 2 is 2.21 bits per heavy atom. The van der Waals surface area contributed by atoms with Gasteiger partial charge in [0, 0.05) is 16.6 Å². The van der Waals surface area contributed by atoms with Crippen LogP contribution >= 0.6 is 15.9 Å². The third-order valence-electron chi connectivity index (χ3n) is 2.14. The highest BCUT2D eigenvalue weighted by molar-refractivity contribution is 9.10. The first-order valence-corrected chi connectivity index (χ1v) is 5.61. The number of nitrogens with two attached hydrogens (primary N) is 1. The molecule has 10 heteroatoms. The number of non-ortho nitro benzene ring substituents is 1. The molecule has 0 saturated heterocycles. The van der Waals surface area contributed by atoms with Crippen molar-refractivity contribution in [3.05, 3.63) is 38.5 Å². The minimum atomic E-state index is -0.681. The van der Waals surface area contributed by atoms with E-state index in [1.54, 1.807) is 0 Å². The number of carbonyl (C=O) groups is 1. The molecule has 1 amide bonds. The lowest BCUT2D eigenvalue weighted by molar-refractivity contribution is -0.384. The molecular weight excluding hydrogens is 322 g/mol. The van der Waals surface area contributed by atoms with Crippen LogP contribution < -0.4 is 11.1 Å². The Balaban J connectivity index is 2.28. The number of rotatable bonds is 3. The Morgan fingerprint density at radius 3 is 2.79 bits per heavy atom. The zero-order chi connectivity index (χ0) is 14.0. The van der Waals surface area contributed by atoms with Crippen LogP contribution in [-0.2, 0) is 0 Å². The molecule has 0 aliphatic rings. The number of nitrogen functional groups attached to an aromatic ring is 1. The van der Waals surface area contributed by atoms with E-state index in [1.807, 2.05) is 0 Å². The van der Waals surface area contributed by atoms with Crippen molar-refractivity contribution in [3.63, 3.8) is 0 Å². The van der Waals surface area contributed by atoms with Gasteiger partial charge in [0.25, 0.3) is 11.6 Å². The van der Waals surface area contributed by atoms with Crippen LogP contribution in [0.25, 0.3) is 0 Å². The van der Waals surface area contributed by atoms with Crippen LogP contribution in [0.15, 0.2) is 27.3 Å².